The van der Waals surface area contributed by atoms with Gasteiger partial charge in [-0.1, -0.05) is 17.4 Å². The van der Waals surface area contributed by atoms with Crippen molar-refractivity contribution in [1.29, 1.82) is 0 Å². The number of carbonyl (C=O) groups is 1. The van der Waals surface area contributed by atoms with Crippen molar-refractivity contribution in [2.45, 2.75) is 0 Å². The number of nitrogens with one attached hydrogen (secondary N) is 1. The number of aliphatic imine (C=N–C) groups is 1. The third-order valence-corrected chi connectivity index (χ3v) is 5.59. The van der Waals surface area contributed by atoms with Gasteiger partial charge in [-0.15, -0.1) is 0 Å². The maximum Gasteiger partial charge on any atom is 0.270 e. The quantitative estimate of drug-likeness (QED) is 0.541. The van der Waals surface area contributed by atoms with E-state index in [1.165, 1.54) is 12.1 Å². The molecule has 0 unspecified atom stereocenters. The molecule has 2 heterocycles. The SMILES string of the molecule is COc1ccc2c(c1)/C(=C/c1sc(=S)n(NC(=O)c3cccc(O)c3)c1O)C=N2. The molecule has 3 aromatic rings. The second kappa shape index (κ2) is 7.53. The number of methoxy groups -OCH3 is 1. The second-order valence-electron chi connectivity index (χ2n) is 6.12. The molecule has 1 amide bonds. The van der Waals surface area contributed by atoms with Crippen LogP contribution in [0.1, 0.15) is 20.8 Å². The van der Waals surface area contributed by atoms with Crippen LogP contribution in [0, 0.1) is 3.95 Å². The lowest BCUT2D eigenvalue weighted by Gasteiger charge is -2.07. The lowest BCUT2D eigenvalue weighted by molar-refractivity contribution is 0.100. The Balaban J connectivity index is 1.66. The first-order chi connectivity index (χ1) is 14.0. The van der Waals surface area contributed by atoms with Gasteiger partial charge in [0.05, 0.1) is 17.7 Å². The minimum Gasteiger partial charge on any atom is -0.508 e. The van der Waals surface area contributed by atoms with E-state index in [1.807, 2.05) is 18.2 Å². The minimum atomic E-state index is -0.512. The number of ether oxygens (including phenoxy) is 1. The zero-order chi connectivity index (χ0) is 20.5. The van der Waals surface area contributed by atoms with Crippen LogP contribution in [0.4, 0.5) is 5.69 Å². The summed E-state index contributed by atoms with van der Waals surface area (Å²) in [4.78, 5) is 17.2. The summed E-state index contributed by atoms with van der Waals surface area (Å²) in [6.07, 6.45) is 3.45. The predicted octanol–water partition coefficient (Wildman–Crippen LogP) is 4.34. The second-order valence-corrected chi connectivity index (χ2v) is 7.80. The number of aromatic nitrogens is 1. The number of thiazole rings is 1. The molecular weight excluding hydrogens is 410 g/mol. The summed E-state index contributed by atoms with van der Waals surface area (Å²) in [5, 5.41) is 20.1. The van der Waals surface area contributed by atoms with E-state index < -0.39 is 5.91 Å². The molecule has 3 N–H and O–H groups in total. The largest absolute Gasteiger partial charge is 0.508 e. The highest BCUT2D eigenvalue weighted by Gasteiger charge is 2.18. The average Bonchev–Trinajstić information content (AvgIpc) is 3.23. The number of rotatable bonds is 4. The standard InChI is InChI=1S/C20H15N3O4S2/c1-27-14-5-6-16-15(9-14)12(10-21-16)8-17-19(26)23(20(28)29-17)22-18(25)11-3-2-4-13(24)7-11/h2-10,24,26H,1H3,(H,22,25)/b12-8+. The topological polar surface area (TPSA) is 96.1 Å². The van der Waals surface area contributed by atoms with Crippen molar-refractivity contribution < 1.29 is 19.7 Å². The molecule has 9 heteroatoms. The highest BCUT2D eigenvalue weighted by molar-refractivity contribution is 7.73. The van der Waals surface area contributed by atoms with Gasteiger partial charge in [0.25, 0.3) is 5.91 Å². The summed E-state index contributed by atoms with van der Waals surface area (Å²) in [6.45, 7) is 0. The highest BCUT2D eigenvalue weighted by atomic mass is 32.1. The fourth-order valence-corrected chi connectivity index (χ4v) is 4.02. The number of nitrogens with zero attached hydrogens (tertiary/aromatic N) is 2. The summed E-state index contributed by atoms with van der Waals surface area (Å²) < 4.78 is 6.67. The lowest BCUT2D eigenvalue weighted by atomic mass is 10.1. The van der Waals surface area contributed by atoms with Gasteiger partial charge in [-0.05, 0) is 54.7 Å². The monoisotopic (exact) mass is 425 g/mol. The van der Waals surface area contributed by atoms with Gasteiger partial charge < -0.3 is 14.9 Å². The summed E-state index contributed by atoms with van der Waals surface area (Å²) in [5.74, 6) is -0.0312. The minimum absolute atomic E-state index is 0.0316. The lowest BCUT2D eigenvalue weighted by Crippen LogP contribution is -2.22. The van der Waals surface area contributed by atoms with E-state index in [0.717, 1.165) is 32.8 Å². The van der Waals surface area contributed by atoms with E-state index in [9.17, 15) is 15.0 Å². The molecule has 0 bridgehead atoms. The number of fused-ring (bicyclic) bond motifs is 1. The van der Waals surface area contributed by atoms with Crippen molar-refractivity contribution in [3.05, 3.63) is 62.4 Å². The van der Waals surface area contributed by atoms with E-state index >= 15 is 0 Å². The highest BCUT2D eigenvalue weighted by Crippen LogP contribution is 2.37. The number of carbonyl (C=O) groups excluding carboxylic acids is 1. The molecular formula is C20H15N3O4S2. The van der Waals surface area contributed by atoms with Crippen molar-refractivity contribution in [1.82, 2.24) is 4.68 Å². The molecule has 146 valence electrons. The van der Waals surface area contributed by atoms with Crippen LogP contribution in [0.3, 0.4) is 0 Å². The van der Waals surface area contributed by atoms with E-state index in [4.69, 9.17) is 17.0 Å². The molecule has 0 fully saturated rings. The zero-order valence-electron chi connectivity index (χ0n) is 15.1. The number of hydrogen-bond acceptors (Lipinski definition) is 7. The van der Waals surface area contributed by atoms with Crippen LogP contribution >= 0.6 is 23.6 Å². The molecule has 2 aromatic carbocycles. The van der Waals surface area contributed by atoms with E-state index in [1.54, 1.807) is 31.5 Å². The van der Waals surface area contributed by atoms with E-state index in [-0.39, 0.29) is 21.1 Å². The van der Waals surface area contributed by atoms with Gasteiger partial charge in [0.1, 0.15) is 11.5 Å². The first-order valence-corrected chi connectivity index (χ1v) is 9.68. The van der Waals surface area contributed by atoms with Gasteiger partial charge in [0.2, 0.25) is 5.88 Å². The Kier molecular flexibility index (Phi) is 4.91. The summed E-state index contributed by atoms with van der Waals surface area (Å²) in [7, 11) is 1.59. The normalized spacial score (nSPS) is 13.5. The van der Waals surface area contributed by atoms with Crippen molar-refractivity contribution in [3.63, 3.8) is 0 Å². The van der Waals surface area contributed by atoms with Gasteiger partial charge in [-0.2, -0.15) is 4.68 Å². The molecule has 7 nitrogen and oxygen atoms in total. The molecule has 4 rings (SSSR count). The zero-order valence-corrected chi connectivity index (χ0v) is 16.8. The fourth-order valence-electron chi connectivity index (χ4n) is 2.84. The first kappa shape index (κ1) is 18.9. The Morgan fingerprint density at radius 3 is 2.86 bits per heavy atom. The maximum absolute atomic E-state index is 12.4. The molecule has 0 saturated heterocycles. The van der Waals surface area contributed by atoms with Crippen molar-refractivity contribution in [3.8, 4) is 17.4 Å². The van der Waals surface area contributed by atoms with Gasteiger partial charge in [-0.25, -0.2) is 0 Å². The summed E-state index contributed by atoms with van der Waals surface area (Å²) in [5.41, 5.74) is 5.25. The number of amides is 1. The number of aromatic hydroxyl groups is 2. The first-order valence-electron chi connectivity index (χ1n) is 8.45. The molecule has 0 atom stereocenters. The molecule has 0 radical (unpaired) electrons. The molecule has 0 aliphatic carbocycles. The van der Waals surface area contributed by atoms with Gasteiger partial charge in [-0.3, -0.25) is 15.2 Å². The van der Waals surface area contributed by atoms with Crippen molar-refractivity contribution in [2.24, 2.45) is 4.99 Å². The van der Waals surface area contributed by atoms with Crippen LogP contribution in [-0.2, 0) is 0 Å². The van der Waals surface area contributed by atoms with Crippen LogP contribution < -0.4 is 10.2 Å². The average molecular weight is 425 g/mol. The predicted molar refractivity (Wildman–Crippen MR) is 116 cm³/mol. The Bertz CT molecular complexity index is 1240. The third-order valence-electron chi connectivity index (χ3n) is 4.28. The number of benzene rings is 2. The Labute approximate surface area is 174 Å². The number of hydrogen-bond donors (Lipinski definition) is 3. The van der Waals surface area contributed by atoms with Crippen LogP contribution in [0.5, 0.6) is 17.4 Å². The molecule has 0 spiro atoms. The maximum atomic E-state index is 12.4. The molecule has 1 aromatic heterocycles. The molecule has 0 saturated carbocycles. The molecule has 1 aliphatic heterocycles. The molecule has 1 aliphatic rings. The van der Waals surface area contributed by atoms with E-state index in [0.29, 0.717) is 10.6 Å². The van der Waals surface area contributed by atoms with Crippen LogP contribution in [-0.4, -0.2) is 34.1 Å². The van der Waals surface area contributed by atoms with Crippen molar-refractivity contribution >= 4 is 53.0 Å². The Hall–Kier alpha value is -3.43. The van der Waals surface area contributed by atoms with Crippen LogP contribution in [0.25, 0.3) is 11.6 Å². The van der Waals surface area contributed by atoms with Crippen LogP contribution in [0.2, 0.25) is 0 Å². The third kappa shape index (κ3) is 3.65. The fraction of sp³-hybridized carbons (Fsp3) is 0.0500. The summed E-state index contributed by atoms with van der Waals surface area (Å²) >= 11 is 6.43. The smallest absolute Gasteiger partial charge is 0.270 e. The van der Waals surface area contributed by atoms with Gasteiger partial charge in [0, 0.05) is 22.9 Å². The van der Waals surface area contributed by atoms with Crippen LogP contribution in [0.15, 0.2) is 47.5 Å². The summed E-state index contributed by atoms with van der Waals surface area (Å²) in [6, 6.07) is 11.4. The Morgan fingerprint density at radius 2 is 2.10 bits per heavy atom. The molecule has 29 heavy (non-hydrogen) atoms. The van der Waals surface area contributed by atoms with Gasteiger partial charge in [0.15, 0.2) is 3.95 Å². The number of phenols is 1. The number of phenolic OH excluding ortho intramolecular Hbond substituents is 1. The Morgan fingerprint density at radius 1 is 1.28 bits per heavy atom. The van der Waals surface area contributed by atoms with Crippen molar-refractivity contribution in [2.75, 3.05) is 12.5 Å². The van der Waals surface area contributed by atoms with Gasteiger partial charge >= 0.3 is 0 Å². The van der Waals surface area contributed by atoms with E-state index in [2.05, 4.69) is 10.4 Å². The number of allylic oxidation sites excluding steroid dienone is 1.